The van der Waals surface area contributed by atoms with Gasteiger partial charge < -0.3 is 10.0 Å². The zero-order valence-electron chi connectivity index (χ0n) is 10.0. The molecule has 17 heavy (non-hydrogen) atoms. The molecule has 0 amide bonds. The van der Waals surface area contributed by atoms with E-state index in [4.69, 9.17) is 0 Å². The lowest BCUT2D eigenvalue weighted by Gasteiger charge is -2.21. The highest BCUT2D eigenvalue weighted by molar-refractivity contribution is 5.57. The third-order valence-electron chi connectivity index (χ3n) is 2.36. The van der Waals surface area contributed by atoms with Crippen LogP contribution in [-0.2, 0) is 6.61 Å². The smallest absolute Gasteiger partial charge is 0.269 e. The van der Waals surface area contributed by atoms with Crippen LogP contribution < -0.4 is 4.90 Å². The van der Waals surface area contributed by atoms with Gasteiger partial charge >= 0.3 is 0 Å². The van der Waals surface area contributed by atoms with Crippen molar-refractivity contribution in [2.75, 3.05) is 18.5 Å². The highest BCUT2D eigenvalue weighted by atomic mass is 16.6. The Bertz CT molecular complexity index is 443. The number of non-ortho nitro benzene ring substituents is 1. The zero-order chi connectivity index (χ0) is 13.0. The van der Waals surface area contributed by atoms with Gasteiger partial charge in [0.2, 0.25) is 0 Å². The number of rotatable bonds is 5. The van der Waals surface area contributed by atoms with Gasteiger partial charge in [-0.05, 0) is 13.0 Å². The molecule has 0 aliphatic carbocycles. The Balaban J connectivity index is 3.07. The molecule has 0 fully saturated rings. The molecule has 0 aromatic heterocycles. The minimum Gasteiger partial charge on any atom is -0.392 e. The molecule has 0 atom stereocenters. The lowest BCUT2D eigenvalue weighted by Crippen LogP contribution is -2.20. The van der Waals surface area contributed by atoms with Gasteiger partial charge in [-0.1, -0.05) is 12.2 Å². The zero-order valence-corrected chi connectivity index (χ0v) is 10.0. The average Bonchev–Trinajstić information content (AvgIpc) is 2.27. The molecule has 0 aliphatic rings. The Morgan fingerprint density at radius 2 is 2.24 bits per heavy atom. The fourth-order valence-corrected chi connectivity index (χ4v) is 1.67. The maximum absolute atomic E-state index is 10.6. The Morgan fingerprint density at radius 1 is 1.59 bits per heavy atom. The van der Waals surface area contributed by atoms with Crippen LogP contribution in [0.4, 0.5) is 11.4 Å². The van der Waals surface area contributed by atoms with Crippen LogP contribution in [0.15, 0.2) is 30.4 Å². The number of hydrogen-bond acceptors (Lipinski definition) is 4. The number of nitro groups is 1. The number of benzene rings is 1. The lowest BCUT2D eigenvalue weighted by molar-refractivity contribution is -0.384. The van der Waals surface area contributed by atoms with Crippen molar-refractivity contribution in [3.63, 3.8) is 0 Å². The molecule has 1 N–H and O–H groups in total. The molecule has 0 saturated carbocycles. The molecule has 0 heterocycles. The average molecular weight is 236 g/mol. The van der Waals surface area contributed by atoms with Crippen molar-refractivity contribution >= 4 is 11.4 Å². The van der Waals surface area contributed by atoms with Crippen LogP contribution in [0.1, 0.15) is 12.5 Å². The van der Waals surface area contributed by atoms with Crippen molar-refractivity contribution in [2.45, 2.75) is 13.5 Å². The van der Waals surface area contributed by atoms with E-state index in [-0.39, 0.29) is 12.3 Å². The molecule has 5 nitrogen and oxygen atoms in total. The van der Waals surface area contributed by atoms with Gasteiger partial charge in [0.25, 0.3) is 5.69 Å². The summed E-state index contributed by atoms with van der Waals surface area (Å²) in [7, 11) is 1.86. The number of aliphatic hydroxyl groups is 1. The summed E-state index contributed by atoms with van der Waals surface area (Å²) in [6, 6.07) is 4.47. The quantitative estimate of drug-likeness (QED) is 0.483. The van der Waals surface area contributed by atoms with Crippen molar-refractivity contribution in [1.29, 1.82) is 0 Å². The van der Waals surface area contributed by atoms with Crippen LogP contribution in [0.2, 0.25) is 0 Å². The summed E-state index contributed by atoms with van der Waals surface area (Å²) >= 11 is 0. The second kappa shape index (κ2) is 5.45. The monoisotopic (exact) mass is 236 g/mol. The molecule has 1 rings (SSSR count). The molecular formula is C12H16N2O3. The Morgan fingerprint density at radius 3 is 2.71 bits per heavy atom. The Labute approximate surface area is 100 Å². The van der Waals surface area contributed by atoms with Gasteiger partial charge in [0, 0.05) is 37.0 Å². The third-order valence-corrected chi connectivity index (χ3v) is 2.36. The fraction of sp³-hybridized carbons (Fsp3) is 0.333. The van der Waals surface area contributed by atoms with E-state index in [0.29, 0.717) is 12.1 Å². The van der Waals surface area contributed by atoms with E-state index < -0.39 is 4.92 Å². The topological polar surface area (TPSA) is 66.6 Å². The maximum atomic E-state index is 10.6. The van der Waals surface area contributed by atoms with E-state index in [9.17, 15) is 15.2 Å². The molecule has 0 unspecified atom stereocenters. The number of aliphatic hydroxyl groups excluding tert-OH is 1. The minimum atomic E-state index is -0.471. The summed E-state index contributed by atoms with van der Waals surface area (Å²) in [4.78, 5) is 12.1. The molecule has 5 heteroatoms. The van der Waals surface area contributed by atoms with E-state index in [1.54, 1.807) is 6.07 Å². The summed E-state index contributed by atoms with van der Waals surface area (Å²) in [5.41, 5.74) is 2.29. The van der Waals surface area contributed by atoms with Crippen LogP contribution in [0, 0.1) is 10.1 Å². The summed E-state index contributed by atoms with van der Waals surface area (Å²) in [6.07, 6.45) is 0. The second-order valence-electron chi connectivity index (χ2n) is 4.04. The number of hydrogen-bond donors (Lipinski definition) is 1. The first-order valence-electron chi connectivity index (χ1n) is 5.19. The Kier molecular flexibility index (Phi) is 4.23. The molecule has 0 saturated heterocycles. The van der Waals surface area contributed by atoms with Crippen LogP contribution in [-0.4, -0.2) is 23.6 Å². The van der Waals surface area contributed by atoms with Gasteiger partial charge in [-0.15, -0.1) is 0 Å². The highest BCUT2D eigenvalue weighted by Crippen LogP contribution is 2.25. The molecule has 1 aromatic rings. The maximum Gasteiger partial charge on any atom is 0.269 e. The molecular weight excluding hydrogens is 220 g/mol. The van der Waals surface area contributed by atoms with Crippen LogP contribution in [0.3, 0.4) is 0 Å². The van der Waals surface area contributed by atoms with Gasteiger partial charge in [0.15, 0.2) is 0 Å². The van der Waals surface area contributed by atoms with E-state index in [1.807, 2.05) is 18.9 Å². The standard InChI is InChI=1S/C12H16N2O3/c1-9(2)7-13(3)12-5-4-11(14(16)17)6-10(12)8-15/h4-6,15H,1,7-8H2,2-3H3. The predicted molar refractivity (Wildman–Crippen MR) is 67.1 cm³/mol. The van der Waals surface area contributed by atoms with E-state index in [2.05, 4.69) is 6.58 Å². The summed E-state index contributed by atoms with van der Waals surface area (Å²) in [5.74, 6) is 0. The Hall–Kier alpha value is -1.88. The number of nitro benzene ring substituents is 1. The van der Waals surface area contributed by atoms with Gasteiger partial charge in [-0.25, -0.2) is 0 Å². The summed E-state index contributed by atoms with van der Waals surface area (Å²) in [6.45, 7) is 6.13. The summed E-state index contributed by atoms with van der Waals surface area (Å²) in [5, 5.41) is 19.9. The van der Waals surface area contributed by atoms with Crippen LogP contribution in [0.25, 0.3) is 0 Å². The van der Waals surface area contributed by atoms with Gasteiger partial charge in [0.1, 0.15) is 0 Å². The normalized spacial score (nSPS) is 10.1. The summed E-state index contributed by atoms with van der Waals surface area (Å²) < 4.78 is 0. The van der Waals surface area contributed by atoms with Crippen molar-refractivity contribution in [1.82, 2.24) is 0 Å². The first-order valence-corrected chi connectivity index (χ1v) is 5.19. The molecule has 0 bridgehead atoms. The first-order chi connectivity index (χ1) is 7.95. The number of anilines is 1. The van der Waals surface area contributed by atoms with Crippen LogP contribution >= 0.6 is 0 Å². The largest absolute Gasteiger partial charge is 0.392 e. The molecule has 0 aliphatic heterocycles. The first kappa shape index (κ1) is 13.2. The van der Waals surface area contributed by atoms with Gasteiger partial charge in [-0.2, -0.15) is 0 Å². The minimum absolute atomic E-state index is 0.0125. The predicted octanol–water partition coefficient (Wildman–Crippen LogP) is 2.10. The van der Waals surface area contributed by atoms with Crippen molar-refractivity contribution in [3.05, 3.63) is 46.0 Å². The van der Waals surface area contributed by atoms with E-state index in [0.717, 1.165) is 11.3 Å². The molecule has 92 valence electrons. The SMILES string of the molecule is C=C(C)CN(C)c1ccc([N+](=O)[O-])cc1CO. The van der Waals surface area contributed by atoms with Crippen molar-refractivity contribution < 1.29 is 10.0 Å². The highest BCUT2D eigenvalue weighted by Gasteiger charge is 2.12. The molecule has 1 aromatic carbocycles. The van der Waals surface area contributed by atoms with Crippen LogP contribution in [0.5, 0.6) is 0 Å². The van der Waals surface area contributed by atoms with E-state index >= 15 is 0 Å². The lowest BCUT2D eigenvalue weighted by atomic mass is 10.1. The number of likely N-dealkylation sites (N-methyl/N-ethyl adjacent to an activating group) is 1. The fourth-order valence-electron chi connectivity index (χ4n) is 1.67. The van der Waals surface area contributed by atoms with Gasteiger partial charge in [0.05, 0.1) is 11.5 Å². The third kappa shape index (κ3) is 3.29. The van der Waals surface area contributed by atoms with E-state index in [1.165, 1.54) is 12.1 Å². The second-order valence-corrected chi connectivity index (χ2v) is 4.04. The molecule has 0 radical (unpaired) electrons. The van der Waals surface area contributed by atoms with Crippen molar-refractivity contribution in [2.24, 2.45) is 0 Å². The van der Waals surface area contributed by atoms with Crippen molar-refractivity contribution in [3.8, 4) is 0 Å². The number of nitrogens with zero attached hydrogens (tertiary/aromatic N) is 2. The van der Waals surface area contributed by atoms with Gasteiger partial charge in [-0.3, -0.25) is 10.1 Å². The molecule has 0 spiro atoms.